The first kappa shape index (κ1) is 15.0. The van der Waals surface area contributed by atoms with Gasteiger partial charge in [-0.15, -0.1) is 0 Å². The second-order valence-electron chi connectivity index (χ2n) is 4.16. The number of hydrogen-bond acceptors (Lipinski definition) is 4. The molecule has 0 aliphatic carbocycles. The number of rotatable bonds is 5. The summed E-state index contributed by atoms with van der Waals surface area (Å²) in [6.07, 6.45) is 0. The van der Waals surface area contributed by atoms with E-state index in [1.807, 2.05) is 32.0 Å². The molecular weight excluding hydrogens is 298 g/mol. The summed E-state index contributed by atoms with van der Waals surface area (Å²) in [4.78, 5) is 11.9. The summed E-state index contributed by atoms with van der Waals surface area (Å²) in [7, 11) is 2.97. The molecule has 0 bridgehead atoms. The van der Waals surface area contributed by atoms with E-state index in [2.05, 4.69) is 21.2 Å². The van der Waals surface area contributed by atoms with Crippen molar-refractivity contribution < 1.29 is 14.3 Å². The van der Waals surface area contributed by atoms with Gasteiger partial charge < -0.3 is 9.47 Å². The van der Waals surface area contributed by atoms with Crippen LogP contribution in [0.1, 0.15) is 25.5 Å². The Morgan fingerprint density at radius 2 is 2.00 bits per heavy atom. The van der Waals surface area contributed by atoms with Crippen molar-refractivity contribution in [3.05, 3.63) is 28.2 Å². The van der Waals surface area contributed by atoms with Crippen LogP contribution in [0, 0.1) is 0 Å². The lowest BCUT2D eigenvalue weighted by atomic mass is 10.1. The normalized spacial score (nSPS) is 12.3. The maximum atomic E-state index is 11.9. The average molecular weight is 316 g/mol. The minimum absolute atomic E-state index is 0.159. The van der Waals surface area contributed by atoms with E-state index < -0.39 is 6.04 Å². The van der Waals surface area contributed by atoms with E-state index in [-0.39, 0.29) is 12.0 Å². The molecule has 1 aromatic carbocycles. The number of esters is 1. The van der Waals surface area contributed by atoms with Gasteiger partial charge in [0.25, 0.3) is 0 Å². The van der Waals surface area contributed by atoms with E-state index in [1.54, 1.807) is 7.11 Å². The van der Waals surface area contributed by atoms with Crippen LogP contribution in [0.4, 0.5) is 0 Å². The van der Waals surface area contributed by atoms with Crippen LogP contribution in [-0.4, -0.2) is 26.2 Å². The molecule has 1 unspecified atom stereocenters. The number of hydrogen-bond donors (Lipinski definition) is 1. The molecule has 0 radical (unpaired) electrons. The monoisotopic (exact) mass is 315 g/mol. The fourth-order valence-electron chi connectivity index (χ4n) is 1.61. The average Bonchev–Trinajstić information content (AvgIpc) is 2.35. The summed E-state index contributed by atoms with van der Waals surface area (Å²) in [6.45, 7) is 3.95. The SMILES string of the molecule is COC(=O)C(NC(C)C)c1cc(OC)ccc1Br. The molecule has 18 heavy (non-hydrogen) atoms. The van der Waals surface area contributed by atoms with Crippen molar-refractivity contribution in [3.8, 4) is 5.75 Å². The molecule has 0 fully saturated rings. The van der Waals surface area contributed by atoms with Gasteiger partial charge in [0.05, 0.1) is 14.2 Å². The Morgan fingerprint density at radius 1 is 1.33 bits per heavy atom. The Balaban J connectivity index is 3.14. The summed E-state index contributed by atoms with van der Waals surface area (Å²) in [5.41, 5.74) is 0.801. The first-order chi connectivity index (χ1) is 8.49. The maximum Gasteiger partial charge on any atom is 0.327 e. The van der Waals surface area contributed by atoms with Crippen LogP contribution >= 0.6 is 15.9 Å². The van der Waals surface area contributed by atoms with E-state index in [0.29, 0.717) is 5.75 Å². The summed E-state index contributed by atoms with van der Waals surface area (Å²) in [6, 6.07) is 5.15. The minimum atomic E-state index is -0.514. The van der Waals surface area contributed by atoms with Gasteiger partial charge in [0.1, 0.15) is 11.8 Å². The van der Waals surface area contributed by atoms with Gasteiger partial charge in [0.2, 0.25) is 0 Å². The highest BCUT2D eigenvalue weighted by Crippen LogP contribution is 2.28. The molecule has 1 rings (SSSR count). The Labute approximate surface area is 116 Å². The van der Waals surface area contributed by atoms with Crippen LogP contribution < -0.4 is 10.1 Å². The molecule has 1 N–H and O–H groups in total. The zero-order valence-corrected chi connectivity index (χ0v) is 12.6. The highest BCUT2D eigenvalue weighted by molar-refractivity contribution is 9.10. The predicted octanol–water partition coefficient (Wildman–Crippen LogP) is 2.67. The molecule has 0 spiro atoms. The largest absolute Gasteiger partial charge is 0.497 e. The fraction of sp³-hybridized carbons (Fsp3) is 0.462. The molecule has 4 nitrogen and oxygen atoms in total. The Morgan fingerprint density at radius 3 is 2.50 bits per heavy atom. The Bertz CT molecular complexity index is 421. The summed E-state index contributed by atoms with van der Waals surface area (Å²) >= 11 is 3.44. The van der Waals surface area contributed by atoms with Crippen molar-refractivity contribution in [1.82, 2.24) is 5.32 Å². The number of carbonyl (C=O) groups is 1. The number of halogens is 1. The first-order valence-corrected chi connectivity index (χ1v) is 6.46. The van der Waals surface area contributed by atoms with Gasteiger partial charge >= 0.3 is 5.97 Å². The summed E-state index contributed by atoms with van der Waals surface area (Å²) in [5, 5.41) is 3.18. The summed E-state index contributed by atoms with van der Waals surface area (Å²) < 4.78 is 10.9. The molecule has 5 heteroatoms. The molecule has 1 atom stereocenters. The van der Waals surface area contributed by atoms with Crippen molar-refractivity contribution in [3.63, 3.8) is 0 Å². The van der Waals surface area contributed by atoms with E-state index >= 15 is 0 Å². The van der Waals surface area contributed by atoms with Crippen LogP contribution in [-0.2, 0) is 9.53 Å². The van der Waals surface area contributed by atoms with Crippen molar-refractivity contribution >= 4 is 21.9 Å². The van der Waals surface area contributed by atoms with Crippen molar-refractivity contribution in [2.45, 2.75) is 25.9 Å². The highest BCUT2D eigenvalue weighted by Gasteiger charge is 2.24. The van der Waals surface area contributed by atoms with Crippen molar-refractivity contribution in [2.75, 3.05) is 14.2 Å². The van der Waals surface area contributed by atoms with E-state index in [1.165, 1.54) is 7.11 Å². The highest BCUT2D eigenvalue weighted by atomic mass is 79.9. The second kappa shape index (κ2) is 6.75. The lowest BCUT2D eigenvalue weighted by Crippen LogP contribution is -2.34. The molecule has 1 aromatic rings. The van der Waals surface area contributed by atoms with Gasteiger partial charge in [0.15, 0.2) is 0 Å². The van der Waals surface area contributed by atoms with Gasteiger partial charge in [-0.1, -0.05) is 15.9 Å². The molecule has 0 saturated carbocycles. The molecule has 0 amide bonds. The predicted molar refractivity (Wildman–Crippen MR) is 73.7 cm³/mol. The molecule has 100 valence electrons. The zero-order valence-electron chi connectivity index (χ0n) is 11.0. The quantitative estimate of drug-likeness (QED) is 0.849. The second-order valence-corrected chi connectivity index (χ2v) is 5.02. The van der Waals surface area contributed by atoms with Crippen molar-refractivity contribution in [1.29, 1.82) is 0 Å². The summed E-state index contributed by atoms with van der Waals surface area (Å²) in [5.74, 6) is 0.380. The van der Waals surface area contributed by atoms with Gasteiger partial charge in [0, 0.05) is 10.5 Å². The standard InChI is InChI=1S/C13H18BrNO3/c1-8(2)15-12(13(16)18-4)10-7-9(17-3)5-6-11(10)14/h5-8,12,15H,1-4H3. The fourth-order valence-corrected chi connectivity index (χ4v) is 2.08. The minimum Gasteiger partial charge on any atom is -0.497 e. The Hall–Kier alpha value is -1.07. The number of carbonyl (C=O) groups excluding carboxylic acids is 1. The van der Waals surface area contributed by atoms with Crippen LogP contribution in [0.2, 0.25) is 0 Å². The zero-order chi connectivity index (χ0) is 13.7. The number of benzene rings is 1. The molecule has 0 saturated heterocycles. The molecule has 0 heterocycles. The third-order valence-corrected chi connectivity index (χ3v) is 3.17. The third-order valence-electron chi connectivity index (χ3n) is 2.45. The van der Waals surface area contributed by atoms with E-state index in [4.69, 9.17) is 9.47 Å². The molecular formula is C13H18BrNO3. The lowest BCUT2D eigenvalue weighted by Gasteiger charge is -2.21. The van der Waals surface area contributed by atoms with Gasteiger partial charge in [-0.2, -0.15) is 0 Å². The van der Waals surface area contributed by atoms with Crippen molar-refractivity contribution in [2.24, 2.45) is 0 Å². The topological polar surface area (TPSA) is 47.6 Å². The number of nitrogens with one attached hydrogen (secondary N) is 1. The van der Waals surface area contributed by atoms with Crippen LogP contribution in [0.25, 0.3) is 0 Å². The molecule has 0 aromatic heterocycles. The maximum absolute atomic E-state index is 11.9. The number of methoxy groups -OCH3 is 2. The Kier molecular flexibility index (Phi) is 5.62. The van der Waals surface area contributed by atoms with Crippen LogP contribution in [0.15, 0.2) is 22.7 Å². The number of ether oxygens (including phenoxy) is 2. The van der Waals surface area contributed by atoms with Gasteiger partial charge in [-0.05, 0) is 37.6 Å². The third kappa shape index (κ3) is 3.71. The van der Waals surface area contributed by atoms with E-state index in [9.17, 15) is 4.79 Å². The lowest BCUT2D eigenvalue weighted by molar-refractivity contribution is -0.143. The molecule has 0 aliphatic heterocycles. The van der Waals surface area contributed by atoms with Gasteiger partial charge in [-0.25, -0.2) is 4.79 Å². The van der Waals surface area contributed by atoms with E-state index in [0.717, 1.165) is 10.0 Å². The smallest absolute Gasteiger partial charge is 0.327 e. The molecule has 0 aliphatic rings. The first-order valence-electron chi connectivity index (χ1n) is 5.67. The van der Waals surface area contributed by atoms with Crippen LogP contribution in [0.5, 0.6) is 5.75 Å². The van der Waals surface area contributed by atoms with Crippen LogP contribution in [0.3, 0.4) is 0 Å². The van der Waals surface area contributed by atoms with Gasteiger partial charge in [-0.3, -0.25) is 5.32 Å².